The van der Waals surface area contributed by atoms with Gasteiger partial charge in [0.25, 0.3) is 0 Å². The molecule has 1 aliphatic rings. The van der Waals surface area contributed by atoms with Crippen molar-refractivity contribution in [1.29, 1.82) is 5.41 Å². The summed E-state index contributed by atoms with van der Waals surface area (Å²) in [4.78, 5) is 9.27. The average molecular weight is 481 g/mol. The number of likely N-dealkylation sites (N-methyl/N-ethyl adjacent to an activating group) is 1. The number of imidazole rings is 1. The molecular formula is C22H24ClF3N6O. The molecule has 4 N–H and O–H groups in total. The van der Waals surface area contributed by atoms with Crippen molar-refractivity contribution < 1.29 is 18.4 Å². The Morgan fingerprint density at radius 2 is 2.09 bits per heavy atom. The summed E-state index contributed by atoms with van der Waals surface area (Å²) in [6.45, 7) is 3.73. The molecule has 11 heteroatoms. The van der Waals surface area contributed by atoms with Gasteiger partial charge in [0.05, 0.1) is 16.2 Å². The third kappa shape index (κ3) is 4.64. The van der Waals surface area contributed by atoms with Gasteiger partial charge in [0, 0.05) is 18.2 Å². The number of hydrogen-bond acceptors (Lipinski definition) is 5. The number of hydrogen-bond donors (Lipinski definition) is 4. The van der Waals surface area contributed by atoms with Crippen LogP contribution in [0.1, 0.15) is 25.3 Å². The van der Waals surface area contributed by atoms with E-state index in [1.54, 1.807) is 0 Å². The Bertz CT molecular complexity index is 1200. The summed E-state index contributed by atoms with van der Waals surface area (Å²) in [5.41, 5.74) is -0.403. The number of piperidine rings is 1. The van der Waals surface area contributed by atoms with Gasteiger partial charge in [0.1, 0.15) is 11.3 Å². The standard InChI is InChI=1S/C22H24ClF3N6O/c1-11-5-6-31(2)13(7-11)10-28-22-29-19-14(9-17(25)18(26)20(19)30-22)21(27)32(33)12-3-4-16(24)15(23)8-12/h3-4,8-9,11,13,27,33H,5-7,10H2,1-2H3,(H2,28,29,30). The van der Waals surface area contributed by atoms with Gasteiger partial charge < -0.3 is 15.2 Å². The molecule has 3 aromatic rings. The second kappa shape index (κ2) is 9.20. The van der Waals surface area contributed by atoms with Gasteiger partial charge in [0.15, 0.2) is 17.5 Å². The van der Waals surface area contributed by atoms with Gasteiger partial charge in [-0.05, 0) is 56.6 Å². The van der Waals surface area contributed by atoms with Crippen LogP contribution in [-0.2, 0) is 0 Å². The summed E-state index contributed by atoms with van der Waals surface area (Å²) < 4.78 is 42.2. The predicted molar refractivity (Wildman–Crippen MR) is 122 cm³/mol. The summed E-state index contributed by atoms with van der Waals surface area (Å²) in [6, 6.07) is 4.40. The van der Waals surface area contributed by atoms with Crippen molar-refractivity contribution in [2.75, 3.05) is 30.5 Å². The molecule has 0 spiro atoms. The van der Waals surface area contributed by atoms with Crippen LogP contribution in [0, 0.1) is 28.8 Å². The van der Waals surface area contributed by atoms with E-state index in [0.29, 0.717) is 17.5 Å². The van der Waals surface area contributed by atoms with Gasteiger partial charge >= 0.3 is 0 Å². The smallest absolute Gasteiger partial charge is 0.201 e. The number of nitrogens with zero attached hydrogens (tertiary/aromatic N) is 3. The highest BCUT2D eigenvalue weighted by atomic mass is 35.5. The zero-order valence-electron chi connectivity index (χ0n) is 18.1. The maximum Gasteiger partial charge on any atom is 0.201 e. The van der Waals surface area contributed by atoms with E-state index in [0.717, 1.165) is 37.6 Å². The number of amidine groups is 1. The molecule has 2 unspecified atom stereocenters. The number of halogens is 4. The lowest BCUT2D eigenvalue weighted by Gasteiger charge is -2.35. The van der Waals surface area contributed by atoms with E-state index in [-0.39, 0.29) is 39.3 Å². The molecule has 1 aromatic heterocycles. The molecule has 2 heterocycles. The van der Waals surface area contributed by atoms with Crippen LogP contribution in [0.3, 0.4) is 0 Å². The monoisotopic (exact) mass is 480 g/mol. The molecular weight excluding hydrogens is 457 g/mol. The third-order valence-corrected chi connectivity index (χ3v) is 6.34. The van der Waals surface area contributed by atoms with Crippen LogP contribution in [0.2, 0.25) is 5.02 Å². The molecule has 0 aliphatic carbocycles. The maximum absolute atomic E-state index is 14.5. The first-order valence-corrected chi connectivity index (χ1v) is 10.9. The van der Waals surface area contributed by atoms with Crippen LogP contribution in [0.4, 0.5) is 24.8 Å². The van der Waals surface area contributed by atoms with Gasteiger partial charge in [-0.2, -0.15) is 0 Å². The van der Waals surface area contributed by atoms with Crippen molar-refractivity contribution in [1.82, 2.24) is 14.9 Å². The van der Waals surface area contributed by atoms with Crippen molar-refractivity contribution in [2.24, 2.45) is 5.92 Å². The molecule has 7 nitrogen and oxygen atoms in total. The number of anilines is 2. The molecule has 2 atom stereocenters. The Morgan fingerprint density at radius 1 is 1.33 bits per heavy atom. The molecule has 1 aliphatic heterocycles. The molecule has 0 bridgehead atoms. The fourth-order valence-electron chi connectivity index (χ4n) is 4.06. The quantitative estimate of drug-likeness (QED) is 0.234. The van der Waals surface area contributed by atoms with Crippen molar-refractivity contribution >= 4 is 40.1 Å². The Kier molecular flexibility index (Phi) is 6.51. The number of rotatable bonds is 5. The van der Waals surface area contributed by atoms with E-state index >= 15 is 0 Å². The first kappa shape index (κ1) is 23.3. The lowest BCUT2D eigenvalue weighted by Crippen LogP contribution is -2.43. The molecule has 0 amide bonds. The summed E-state index contributed by atoms with van der Waals surface area (Å²) in [5.74, 6) is -2.83. The number of H-pyrrole nitrogens is 1. The lowest BCUT2D eigenvalue weighted by atomic mass is 9.93. The van der Waals surface area contributed by atoms with Crippen molar-refractivity contribution in [2.45, 2.75) is 25.8 Å². The molecule has 4 rings (SSSR count). The Labute approximate surface area is 193 Å². The van der Waals surface area contributed by atoms with E-state index < -0.39 is 23.3 Å². The number of aromatic amines is 1. The van der Waals surface area contributed by atoms with Crippen molar-refractivity contribution in [3.05, 3.63) is 52.3 Å². The number of nitrogens with one attached hydrogen (secondary N) is 3. The Morgan fingerprint density at radius 3 is 2.82 bits per heavy atom. The second-order valence-corrected chi connectivity index (χ2v) is 8.84. The summed E-state index contributed by atoms with van der Waals surface area (Å²) in [7, 11) is 2.04. The van der Waals surface area contributed by atoms with E-state index in [9.17, 15) is 18.4 Å². The SMILES string of the molecule is CC1CCN(C)C(CNc2nc3c(F)c(F)cc(C(=N)N(O)c4ccc(F)c(Cl)c4)c3[nH]2)C1. The first-order valence-electron chi connectivity index (χ1n) is 10.5. The number of fused-ring (bicyclic) bond motifs is 1. The number of hydroxylamine groups is 1. The van der Waals surface area contributed by atoms with Crippen LogP contribution in [0.25, 0.3) is 11.0 Å². The molecule has 33 heavy (non-hydrogen) atoms. The molecule has 2 aromatic carbocycles. The molecule has 0 radical (unpaired) electrons. The largest absolute Gasteiger partial charge is 0.354 e. The molecule has 1 saturated heterocycles. The zero-order valence-corrected chi connectivity index (χ0v) is 18.8. The fraction of sp³-hybridized carbons (Fsp3) is 0.364. The van der Waals surface area contributed by atoms with Crippen LogP contribution >= 0.6 is 11.6 Å². The van der Waals surface area contributed by atoms with Crippen molar-refractivity contribution in [3.8, 4) is 0 Å². The average Bonchev–Trinajstić information content (AvgIpc) is 3.22. The second-order valence-electron chi connectivity index (χ2n) is 8.43. The van der Waals surface area contributed by atoms with E-state index in [1.807, 2.05) is 7.05 Å². The van der Waals surface area contributed by atoms with Crippen molar-refractivity contribution in [3.63, 3.8) is 0 Å². The molecule has 0 saturated carbocycles. The van der Waals surface area contributed by atoms with E-state index in [2.05, 4.69) is 27.1 Å². The minimum atomic E-state index is -1.22. The number of benzene rings is 2. The fourth-order valence-corrected chi connectivity index (χ4v) is 4.23. The van der Waals surface area contributed by atoms with Crippen LogP contribution in [0.15, 0.2) is 24.3 Å². The summed E-state index contributed by atoms with van der Waals surface area (Å²) in [6.07, 6.45) is 2.13. The normalized spacial score (nSPS) is 19.1. The summed E-state index contributed by atoms with van der Waals surface area (Å²) >= 11 is 5.75. The highest BCUT2D eigenvalue weighted by Crippen LogP contribution is 2.28. The third-order valence-electron chi connectivity index (χ3n) is 6.05. The van der Waals surface area contributed by atoms with Crippen LogP contribution < -0.4 is 10.4 Å². The van der Waals surface area contributed by atoms with E-state index in [1.165, 1.54) is 6.07 Å². The van der Waals surface area contributed by atoms with Gasteiger partial charge in [-0.1, -0.05) is 18.5 Å². The highest BCUT2D eigenvalue weighted by Gasteiger charge is 2.25. The van der Waals surface area contributed by atoms with Crippen LogP contribution in [0.5, 0.6) is 0 Å². The minimum Gasteiger partial charge on any atom is -0.354 e. The van der Waals surface area contributed by atoms with Gasteiger partial charge in [-0.15, -0.1) is 0 Å². The lowest BCUT2D eigenvalue weighted by molar-refractivity contribution is 0.157. The highest BCUT2D eigenvalue weighted by molar-refractivity contribution is 6.31. The zero-order chi connectivity index (χ0) is 23.9. The Hall–Kier alpha value is -2.82. The van der Waals surface area contributed by atoms with Gasteiger partial charge in [-0.25, -0.2) is 23.2 Å². The topological polar surface area (TPSA) is 91.3 Å². The predicted octanol–water partition coefficient (Wildman–Crippen LogP) is 5.00. The first-order chi connectivity index (χ1) is 15.7. The number of aromatic nitrogens is 2. The van der Waals surface area contributed by atoms with Gasteiger partial charge in [0.2, 0.25) is 5.95 Å². The summed E-state index contributed by atoms with van der Waals surface area (Å²) in [5, 5.41) is 22.1. The molecule has 176 valence electrons. The maximum atomic E-state index is 14.5. The minimum absolute atomic E-state index is 0.0170. The van der Waals surface area contributed by atoms with Crippen LogP contribution in [-0.4, -0.2) is 52.1 Å². The Balaban J connectivity index is 1.63. The number of likely N-dealkylation sites (tertiary alicyclic amines) is 1. The van der Waals surface area contributed by atoms with Gasteiger partial charge in [-0.3, -0.25) is 10.6 Å². The van der Waals surface area contributed by atoms with E-state index in [4.69, 9.17) is 17.0 Å². The molecule has 1 fully saturated rings.